The third-order valence-corrected chi connectivity index (χ3v) is 3.81. The highest BCUT2D eigenvalue weighted by Gasteiger charge is 2.10. The van der Waals surface area contributed by atoms with E-state index in [2.05, 4.69) is 26.1 Å². The Morgan fingerprint density at radius 1 is 1.32 bits per heavy atom. The van der Waals surface area contributed by atoms with Crippen LogP contribution in [0.4, 0.5) is 4.39 Å². The fourth-order valence-corrected chi connectivity index (χ4v) is 2.40. The quantitative estimate of drug-likeness (QED) is 0.811. The van der Waals surface area contributed by atoms with Gasteiger partial charge < -0.3 is 5.32 Å². The van der Waals surface area contributed by atoms with Crippen LogP contribution in [-0.2, 0) is 11.2 Å². The van der Waals surface area contributed by atoms with Crippen LogP contribution in [0.3, 0.4) is 0 Å². The van der Waals surface area contributed by atoms with Gasteiger partial charge in [-0.25, -0.2) is 4.39 Å². The molecule has 19 heavy (non-hydrogen) atoms. The first-order valence-electron chi connectivity index (χ1n) is 6.52. The molecule has 0 unspecified atom stereocenters. The number of benzene rings is 1. The normalized spacial score (nSPS) is 11.4. The fraction of sp³-hybridized carbons (Fsp3) is 0.533. The molecule has 4 heteroatoms. The second-order valence-electron chi connectivity index (χ2n) is 5.40. The number of carbonyl (C=O) groups excluding carboxylic acids is 1. The molecule has 1 amide bonds. The van der Waals surface area contributed by atoms with Gasteiger partial charge in [-0.3, -0.25) is 4.79 Å². The zero-order valence-electron chi connectivity index (χ0n) is 11.8. The van der Waals surface area contributed by atoms with Crippen molar-refractivity contribution in [2.75, 3.05) is 12.3 Å². The average Bonchev–Trinajstić information content (AvgIpc) is 2.32. The van der Waals surface area contributed by atoms with Crippen LogP contribution in [0.2, 0.25) is 0 Å². The number of nitrogens with one attached hydrogen (secondary N) is 1. The minimum Gasteiger partial charge on any atom is -0.355 e. The van der Waals surface area contributed by atoms with Crippen molar-refractivity contribution in [3.05, 3.63) is 35.6 Å². The minimum absolute atomic E-state index is 0.0160. The topological polar surface area (TPSA) is 29.1 Å². The third kappa shape index (κ3) is 7.21. The molecule has 0 fully saturated rings. The summed E-state index contributed by atoms with van der Waals surface area (Å²) in [7, 11) is 0. The Morgan fingerprint density at radius 3 is 2.63 bits per heavy atom. The molecule has 0 bridgehead atoms. The highest BCUT2D eigenvalue weighted by atomic mass is 32.2. The van der Waals surface area contributed by atoms with Crippen molar-refractivity contribution >= 4 is 17.7 Å². The van der Waals surface area contributed by atoms with Crippen molar-refractivity contribution in [2.24, 2.45) is 0 Å². The maximum absolute atomic E-state index is 13.3. The van der Waals surface area contributed by atoms with Gasteiger partial charge in [0.2, 0.25) is 5.91 Å². The van der Waals surface area contributed by atoms with E-state index in [0.29, 0.717) is 24.9 Å². The fourth-order valence-electron chi connectivity index (χ4n) is 1.59. The van der Waals surface area contributed by atoms with Crippen molar-refractivity contribution < 1.29 is 9.18 Å². The molecule has 0 aliphatic carbocycles. The number of aryl methyl sites for hydroxylation is 1. The molecule has 1 aromatic carbocycles. The predicted molar refractivity (Wildman–Crippen MR) is 79.9 cm³/mol. The van der Waals surface area contributed by atoms with Crippen LogP contribution >= 0.6 is 11.8 Å². The molecule has 0 aliphatic rings. The number of amides is 1. The molecule has 0 saturated carbocycles. The van der Waals surface area contributed by atoms with Gasteiger partial charge in [0.25, 0.3) is 0 Å². The van der Waals surface area contributed by atoms with Crippen molar-refractivity contribution in [3.63, 3.8) is 0 Å². The van der Waals surface area contributed by atoms with Crippen LogP contribution in [0.5, 0.6) is 0 Å². The monoisotopic (exact) mass is 283 g/mol. The van der Waals surface area contributed by atoms with Gasteiger partial charge in [0.1, 0.15) is 5.82 Å². The van der Waals surface area contributed by atoms with Crippen LogP contribution in [-0.4, -0.2) is 23.0 Å². The van der Waals surface area contributed by atoms with E-state index in [1.807, 2.05) is 11.8 Å². The maximum Gasteiger partial charge on any atom is 0.220 e. The molecule has 2 nitrogen and oxygen atoms in total. The lowest BCUT2D eigenvalue weighted by atomic mass is 10.1. The van der Waals surface area contributed by atoms with Gasteiger partial charge in [-0.2, -0.15) is 11.8 Å². The zero-order valence-corrected chi connectivity index (χ0v) is 12.6. The Labute approximate surface area is 119 Å². The van der Waals surface area contributed by atoms with E-state index in [1.165, 1.54) is 6.07 Å². The molecule has 0 aromatic heterocycles. The van der Waals surface area contributed by atoms with Crippen molar-refractivity contribution in [1.82, 2.24) is 5.32 Å². The van der Waals surface area contributed by atoms with E-state index < -0.39 is 0 Å². The summed E-state index contributed by atoms with van der Waals surface area (Å²) in [4.78, 5) is 11.6. The van der Waals surface area contributed by atoms with E-state index in [1.54, 1.807) is 18.2 Å². The number of thioether (sulfide) groups is 1. The van der Waals surface area contributed by atoms with E-state index >= 15 is 0 Å². The molecule has 0 radical (unpaired) electrons. The highest BCUT2D eigenvalue weighted by Crippen LogP contribution is 2.21. The van der Waals surface area contributed by atoms with Gasteiger partial charge in [-0.15, -0.1) is 0 Å². The zero-order chi connectivity index (χ0) is 14.3. The first kappa shape index (κ1) is 16.0. The molecular formula is C15H22FNOS. The van der Waals surface area contributed by atoms with Crippen LogP contribution in [0.1, 0.15) is 32.8 Å². The molecule has 0 aliphatic heterocycles. The molecule has 106 valence electrons. The summed E-state index contributed by atoms with van der Waals surface area (Å²) in [6, 6.07) is 6.59. The Balaban J connectivity index is 2.20. The average molecular weight is 283 g/mol. The number of hydrogen-bond acceptors (Lipinski definition) is 2. The molecule has 1 rings (SSSR count). The first-order chi connectivity index (χ1) is 8.88. The summed E-state index contributed by atoms with van der Waals surface area (Å²) in [6.07, 6.45) is 0.784. The Morgan fingerprint density at radius 2 is 2.00 bits per heavy atom. The summed E-state index contributed by atoms with van der Waals surface area (Å²) < 4.78 is 13.6. The van der Waals surface area contributed by atoms with Crippen LogP contribution in [0, 0.1) is 5.82 Å². The second kappa shape index (κ2) is 7.53. The third-order valence-electron chi connectivity index (χ3n) is 2.54. The SMILES string of the molecule is CC(C)(C)SCCNC(=O)CCc1ccccc1F. The van der Waals surface area contributed by atoms with Gasteiger partial charge >= 0.3 is 0 Å². The second-order valence-corrected chi connectivity index (χ2v) is 7.32. The number of carbonyl (C=O) groups is 1. The Bertz CT molecular complexity index is 415. The van der Waals surface area contributed by atoms with E-state index in [-0.39, 0.29) is 16.5 Å². The summed E-state index contributed by atoms with van der Waals surface area (Å²) in [5.41, 5.74) is 0.599. The van der Waals surface area contributed by atoms with Crippen molar-refractivity contribution in [2.45, 2.75) is 38.4 Å². The summed E-state index contributed by atoms with van der Waals surface area (Å²) in [6.45, 7) is 7.12. The molecule has 0 spiro atoms. The molecule has 0 saturated heterocycles. The molecule has 0 heterocycles. The molecular weight excluding hydrogens is 261 g/mol. The molecule has 1 N–H and O–H groups in total. The largest absolute Gasteiger partial charge is 0.355 e. The summed E-state index contributed by atoms with van der Waals surface area (Å²) >= 11 is 1.82. The van der Waals surface area contributed by atoms with Gasteiger partial charge in [-0.1, -0.05) is 39.0 Å². The lowest BCUT2D eigenvalue weighted by Gasteiger charge is -2.17. The number of rotatable bonds is 6. The summed E-state index contributed by atoms with van der Waals surface area (Å²) in [5, 5.41) is 2.86. The highest BCUT2D eigenvalue weighted by molar-refractivity contribution is 8.00. The van der Waals surface area contributed by atoms with E-state index in [4.69, 9.17) is 0 Å². The smallest absolute Gasteiger partial charge is 0.220 e. The van der Waals surface area contributed by atoms with Crippen LogP contribution < -0.4 is 5.32 Å². The minimum atomic E-state index is -0.237. The Kier molecular flexibility index (Phi) is 6.35. The lowest BCUT2D eigenvalue weighted by molar-refractivity contribution is -0.120. The number of hydrogen-bond donors (Lipinski definition) is 1. The number of halogens is 1. The van der Waals surface area contributed by atoms with Crippen LogP contribution in [0.25, 0.3) is 0 Å². The first-order valence-corrected chi connectivity index (χ1v) is 7.51. The van der Waals surface area contributed by atoms with Crippen LogP contribution in [0.15, 0.2) is 24.3 Å². The molecule has 1 aromatic rings. The van der Waals surface area contributed by atoms with Gasteiger partial charge in [-0.05, 0) is 18.1 Å². The van der Waals surface area contributed by atoms with Crippen molar-refractivity contribution in [1.29, 1.82) is 0 Å². The van der Waals surface area contributed by atoms with Gasteiger partial charge in [0.15, 0.2) is 0 Å². The van der Waals surface area contributed by atoms with Gasteiger partial charge in [0.05, 0.1) is 0 Å². The van der Waals surface area contributed by atoms with E-state index in [0.717, 1.165) is 5.75 Å². The lowest BCUT2D eigenvalue weighted by Crippen LogP contribution is -2.27. The summed E-state index contributed by atoms with van der Waals surface area (Å²) in [5.74, 6) is 0.644. The maximum atomic E-state index is 13.3. The Hall–Kier alpha value is -1.03. The predicted octanol–water partition coefficient (Wildman–Crippen LogP) is 3.41. The van der Waals surface area contributed by atoms with Crippen molar-refractivity contribution in [3.8, 4) is 0 Å². The van der Waals surface area contributed by atoms with Gasteiger partial charge in [0, 0.05) is 23.5 Å². The standard InChI is InChI=1S/C15H22FNOS/c1-15(2,3)19-11-10-17-14(18)9-8-12-6-4-5-7-13(12)16/h4-7H,8-11H2,1-3H3,(H,17,18). The van der Waals surface area contributed by atoms with E-state index in [9.17, 15) is 9.18 Å². The molecule has 0 atom stereocenters.